The molecule has 134 valence electrons. The topological polar surface area (TPSA) is 70.2 Å². The van der Waals surface area contributed by atoms with Gasteiger partial charge in [-0.05, 0) is 51.2 Å². The van der Waals surface area contributed by atoms with Gasteiger partial charge in [0.15, 0.2) is 0 Å². The summed E-state index contributed by atoms with van der Waals surface area (Å²) >= 11 is 5.94. The van der Waals surface area contributed by atoms with E-state index in [0.717, 1.165) is 25.1 Å². The van der Waals surface area contributed by atoms with Gasteiger partial charge in [-0.15, -0.1) is 0 Å². The third kappa shape index (κ3) is 7.07. The Morgan fingerprint density at radius 2 is 2.04 bits per heavy atom. The molecule has 0 unspecified atom stereocenters. The molecule has 1 heterocycles. The van der Waals surface area contributed by atoms with Crippen molar-refractivity contribution >= 4 is 23.3 Å². The molecule has 0 aliphatic rings. The summed E-state index contributed by atoms with van der Waals surface area (Å²) in [6.45, 7) is 2.34. The van der Waals surface area contributed by atoms with Crippen LogP contribution in [-0.2, 0) is 6.42 Å². The van der Waals surface area contributed by atoms with Crippen molar-refractivity contribution in [2.24, 2.45) is 0 Å². The normalized spacial score (nSPS) is 10.7. The maximum atomic E-state index is 12.1. The first-order valence-corrected chi connectivity index (χ1v) is 8.65. The second-order valence-electron chi connectivity index (χ2n) is 6.01. The highest BCUT2D eigenvalue weighted by Gasteiger charge is 2.07. The van der Waals surface area contributed by atoms with Crippen molar-refractivity contribution in [1.29, 1.82) is 0 Å². The van der Waals surface area contributed by atoms with Gasteiger partial charge in [-0.25, -0.2) is 9.97 Å². The van der Waals surface area contributed by atoms with Gasteiger partial charge in [0.25, 0.3) is 5.91 Å². The molecule has 2 rings (SSSR count). The molecule has 2 N–H and O–H groups in total. The minimum absolute atomic E-state index is 0.228. The number of nitrogens with one attached hydrogen (secondary N) is 2. The number of rotatable bonds is 9. The number of carbonyl (C=O) groups is 1. The number of nitrogens with zero attached hydrogens (tertiary/aromatic N) is 3. The van der Waals surface area contributed by atoms with Gasteiger partial charge < -0.3 is 15.5 Å². The molecule has 0 saturated heterocycles. The average molecular weight is 362 g/mol. The van der Waals surface area contributed by atoms with Gasteiger partial charge in [-0.1, -0.05) is 23.7 Å². The van der Waals surface area contributed by atoms with Gasteiger partial charge in [-0.3, -0.25) is 4.79 Å². The number of benzene rings is 1. The highest BCUT2D eigenvalue weighted by molar-refractivity contribution is 6.30. The number of hydrogen-bond acceptors (Lipinski definition) is 5. The Morgan fingerprint density at radius 3 is 2.72 bits per heavy atom. The van der Waals surface area contributed by atoms with Crippen LogP contribution in [0.2, 0.25) is 5.02 Å². The molecule has 0 saturated carbocycles. The van der Waals surface area contributed by atoms with E-state index in [-0.39, 0.29) is 5.91 Å². The third-order valence-corrected chi connectivity index (χ3v) is 3.80. The molecular weight excluding hydrogens is 338 g/mol. The Hall–Kier alpha value is -2.18. The van der Waals surface area contributed by atoms with Crippen LogP contribution in [0.15, 0.2) is 36.7 Å². The number of halogens is 1. The van der Waals surface area contributed by atoms with Crippen LogP contribution in [0.5, 0.6) is 0 Å². The van der Waals surface area contributed by atoms with Crippen molar-refractivity contribution in [3.63, 3.8) is 0 Å². The number of carbonyl (C=O) groups excluding carboxylic acids is 1. The zero-order chi connectivity index (χ0) is 18.1. The smallest absolute Gasteiger partial charge is 0.271 e. The Bertz CT molecular complexity index is 675. The Morgan fingerprint density at radius 1 is 1.20 bits per heavy atom. The molecule has 1 aromatic carbocycles. The molecule has 0 bridgehead atoms. The van der Waals surface area contributed by atoms with Crippen LogP contribution in [0, 0.1) is 0 Å². The van der Waals surface area contributed by atoms with Gasteiger partial charge in [0.2, 0.25) is 0 Å². The highest BCUT2D eigenvalue weighted by atomic mass is 35.5. The fraction of sp³-hybridized carbons (Fsp3) is 0.389. The summed E-state index contributed by atoms with van der Waals surface area (Å²) in [7, 11) is 4.08. The minimum Gasteiger partial charge on any atom is -0.369 e. The van der Waals surface area contributed by atoms with Crippen molar-refractivity contribution in [3.05, 3.63) is 52.9 Å². The van der Waals surface area contributed by atoms with Crippen LogP contribution >= 0.6 is 11.6 Å². The summed E-state index contributed by atoms with van der Waals surface area (Å²) < 4.78 is 0. The number of aromatic nitrogens is 2. The van der Waals surface area contributed by atoms with Crippen LogP contribution in [0.1, 0.15) is 22.5 Å². The monoisotopic (exact) mass is 361 g/mol. The van der Waals surface area contributed by atoms with Gasteiger partial charge in [0.1, 0.15) is 11.5 Å². The zero-order valence-electron chi connectivity index (χ0n) is 14.6. The van der Waals surface area contributed by atoms with Gasteiger partial charge in [0, 0.05) is 18.1 Å². The first-order chi connectivity index (χ1) is 12.0. The third-order valence-electron chi connectivity index (χ3n) is 3.56. The highest BCUT2D eigenvalue weighted by Crippen LogP contribution is 2.10. The number of anilines is 1. The summed E-state index contributed by atoms with van der Waals surface area (Å²) in [4.78, 5) is 22.6. The van der Waals surface area contributed by atoms with Gasteiger partial charge >= 0.3 is 0 Å². The molecule has 0 atom stereocenters. The molecule has 6 nitrogen and oxygen atoms in total. The van der Waals surface area contributed by atoms with Crippen molar-refractivity contribution in [2.75, 3.05) is 39.0 Å². The van der Waals surface area contributed by atoms with Gasteiger partial charge in [0.05, 0.1) is 12.4 Å². The molecule has 2 aromatic rings. The maximum Gasteiger partial charge on any atom is 0.271 e. The molecule has 0 aliphatic carbocycles. The van der Waals surface area contributed by atoms with E-state index in [0.29, 0.717) is 29.5 Å². The SMILES string of the molecule is CN(C)CCCNc1cnc(C(=O)NCCc2cccc(Cl)c2)cn1. The molecule has 0 radical (unpaired) electrons. The summed E-state index contributed by atoms with van der Waals surface area (Å²) in [6.07, 6.45) is 4.80. The molecule has 7 heteroatoms. The van der Waals surface area contributed by atoms with Crippen molar-refractivity contribution in [3.8, 4) is 0 Å². The minimum atomic E-state index is -0.228. The van der Waals surface area contributed by atoms with Crippen LogP contribution in [0.4, 0.5) is 5.82 Å². The lowest BCUT2D eigenvalue weighted by Crippen LogP contribution is -2.26. The van der Waals surface area contributed by atoms with E-state index in [1.807, 2.05) is 38.4 Å². The molecule has 25 heavy (non-hydrogen) atoms. The quantitative estimate of drug-likeness (QED) is 0.671. The molecule has 0 spiro atoms. The van der Waals surface area contributed by atoms with Crippen LogP contribution < -0.4 is 10.6 Å². The van der Waals surface area contributed by atoms with E-state index in [4.69, 9.17) is 11.6 Å². The molecule has 0 aliphatic heterocycles. The maximum absolute atomic E-state index is 12.1. The molecular formula is C18H24ClN5O. The lowest BCUT2D eigenvalue weighted by atomic mass is 10.1. The zero-order valence-corrected chi connectivity index (χ0v) is 15.4. The predicted molar refractivity (Wildman–Crippen MR) is 101 cm³/mol. The van der Waals surface area contributed by atoms with E-state index in [9.17, 15) is 4.79 Å². The largest absolute Gasteiger partial charge is 0.369 e. The predicted octanol–water partition coefficient (Wildman–Crippen LogP) is 2.47. The second kappa shape index (κ2) is 9.96. The summed E-state index contributed by atoms with van der Waals surface area (Å²) in [5, 5.41) is 6.73. The fourth-order valence-electron chi connectivity index (χ4n) is 2.25. The first-order valence-electron chi connectivity index (χ1n) is 8.28. The lowest BCUT2D eigenvalue weighted by Gasteiger charge is -2.10. The summed E-state index contributed by atoms with van der Waals surface area (Å²) in [5.74, 6) is 0.447. The Kier molecular flexibility index (Phi) is 7.63. The van der Waals surface area contributed by atoms with Crippen molar-refractivity contribution in [2.45, 2.75) is 12.8 Å². The standard InChI is InChI=1S/C18H24ClN5O/c1-24(2)10-4-8-20-17-13-22-16(12-23-17)18(25)21-9-7-14-5-3-6-15(19)11-14/h3,5-6,11-13H,4,7-10H2,1-2H3,(H,20,23)(H,21,25). The van der Waals surface area contributed by atoms with Crippen molar-refractivity contribution in [1.82, 2.24) is 20.2 Å². The van der Waals surface area contributed by atoms with E-state index in [1.165, 1.54) is 6.20 Å². The van der Waals surface area contributed by atoms with Crippen LogP contribution in [0.3, 0.4) is 0 Å². The van der Waals surface area contributed by atoms with E-state index in [2.05, 4.69) is 25.5 Å². The van der Waals surface area contributed by atoms with E-state index >= 15 is 0 Å². The van der Waals surface area contributed by atoms with E-state index < -0.39 is 0 Å². The van der Waals surface area contributed by atoms with E-state index in [1.54, 1.807) is 6.20 Å². The second-order valence-corrected chi connectivity index (χ2v) is 6.44. The average Bonchev–Trinajstić information content (AvgIpc) is 2.59. The Labute approximate surface area is 153 Å². The van der Waals surface area contributed by atoms with Gasteiger partial charge in [-0.2, -0.15) is 0 Å². The summed E-state index contributed by atoms with van der Waals surface area (Å²) in [5.41, 5.74) is 1.39. The first kappa shape index (κ1) is 19.1. The number of hydrogen-bond donors (Lipinski definition) is 2. The number of amides is 1. The molecule has 1 amide bonds. The lowest BCUT2D eigenvalue weighted by molar-refractivity contribution is 0.0949. The Balaban J connectivity index is 1.74. The fourth-order valence-corrected chi connectivity index (χ4v) is 2.46. The van der Waals surface area contributed by atoms with Crippen molar-refractivity contribution < 1.29 is 4.79 Å². The van der Waals surface area contributed by atoms with Crippen LogP contribution in [-0.4, -0.2) is 54.5 Å². The molecule has 1 aromatic heterocycles. The van der Waals surface area contributed by atoms with Crippen LogP contribution in [0.25, 0.3) is 0 Å². The molecule has 0 fully saturated rings. The summed E-state index contributed by atoms with van der Waals surface area (Å²) in [6, 6.07) is 7.60.